The molecule has 0 saturated carbocycles. The van der Waals surface area contributed by atoms with Crippen molar-refractivity contribution in [2.75, 3.05) is 11.6 Å². The zero-order valence-electron chi connectivity index (χ0n) is 17.7. The third kappa shape index (κ3) is 4.07. The van der Waals surface area contributed by atoms with Crippen LogP contribution in [0.1, 0.15) is 35.8 Å². The molecule has 2 aliphatic heterocycles. The Bertz CT molecular complexity index is 1060. The largest absolute Gasteiger partial charge is 0.375 e. The van der Waals surface area contributed by atoms with E-state index in [9.17, 15) is 0 Å². The average Bonchev–Trinajstić information content (AvgIpc) is 3.09. The Hall–Kier alpha value is -2.07. The quantitative estimate of drug-likeness (QED) is 0.300. The second-order valence-electron chi connectivity index (χ2n) is 8.37. The normalized spacial score (nSPS) is 22.8. The molecule has 154 valence electrons. The molecule has 3 aromatic carbocycles. The number of nitrogens with zero attached hydrogens (tertiary/aromatic N) is 2. The summed E-state index contributed by atoms with van der Waals surface area (Å²) in [6.45, 7) is 4.43. The van der Waals surface area contributed by atoms with Gasteiger partial charge in [0, 0.05) is 17.4 Å². The van der Waals surface area contributed by atoms with Crippen LogP contribution in [0.25, 0.3) is 0 Å². The Labute approximate surface area is 192 Å². The highest BCUT2D eigenvalue weighted by atomic mass is 32.2. The lowest BCUT2D eigenvalue weighted by molar-refractivity contribution is 0.394. The number of para-hydroxylation sites is 1. The van der Waals surface area contributed by atoms with Crippen molar-refractivity contribution in [3.63, 3.8) is 0 Å². The SMILES string of the molecule is [B]N1CP[C@@H]2Nc3c(N=C(c4ccccc4)c4ccccc4)cccc3[C@@H]2SC1(C)C. The van der Waals surface area contributed by atoms with E-state index in [2.05, 4.69) is 85.9 Å². The van der Waals surface area contributed by atoms with Gasteiger partial charge in [-0.05, 0) is 25.5 Å². The van der Waals surface area contributed by atoms with Crippen molar-refractivity contribution in [3.8, 4) is 0 Å². The maximum Gasteiger partial charge on any atom is 0.184 e. The van der Waals surface area contributed by atoms with Gasteiger partial charge in [0.15, 0.2) is 7.98 Å². The summed E-state index contributed by atoms with van der Waals surface area (Å²) < 4.78 is 0. The second-order valence-corrected chi connectivity index (χ2v) is 11.5. The van der Waals surface area contributed by atoms with Gasteiger partial charge in [-0.1, -0.05) is 81.4 Å². The lowest BCUT2D eigenvalue weighted by atomic mass is 10.0. The highest BCUT2D eigenvalue weighted by molar-refractivity contribution is 8.01. The molecule has 0 aromatic heterocycles. The highest BCUT2D eigenvalue weighted by Gasteiger charge is 2.41. The van der Waals surface area contributed by atoms with Gasteiger partial charge in [0.25, 0.3) is 0 Å². The molecule has 3 atom stereocenters. The molecular formula is C25H25BN3PS. The van der Waals surface area contributed by atoms with Gasteiger partial charge in [-0.3, -0.25) is 0 Å². The first kappa shape index (κ1) is 20.8. The minimum atomic E-state index is -0.103. The summed E-state index contributed by atoms with van der Waals surface area (Å²) in [5.74, 6) is 0.390. The van der Waals surface area contributed by atoms with Gasteiger partial charge in [0.1, 0.15) is 0 Å². The molecule has 1 fully saturated rings. The number of hydrogen-bond acceptors (Lipinski definition) is 4. The third-order valence-electron chi connectivity index (χ3n) is 5.90. The molecule has 0 bridgehead atoms. The third-order valence-corrected chi connectivity index (χ3v) is 9.17. The number of anilines is 1. The summed E-state index contributed by atoms with van der Waals surface area (Å²) in [6.07, 6.45) is 0.903. The smallest absolute Gasteiger partial charge is 0.184 e. The number of thioether (sulfide) groups is 1. The molecule has 1 unspecified atom stereocenters. The first-order valence-corrected chi connectivity index (χ1v) is 12.7. The number of aliphatic imine (C=N–C) groups is 1. The van der Waals surface area contributed by atoms with Crippen LogP contribution in [-0.4, -0.2) is 35.4 Å². The molecule has 0 aliphatic carbocycles. The summed E-state index contributed by atoms with van der Waals surface area (Å²) in [5.41, 5.74) is 6.74. The maximum absolute atomic E-state index is 6.33. The van der Waals surface area contributed by atoms with Crippen LogP contribution in [0.5, 0.6) is 0 Å². The van der Waals surface area contributed by atoms with Crippen molar-refractivity contribution in [3.05, 3.63) is 95.6 Å². The molecular weight excluding hydrogens is 416 g/mol. The Morgan fingerprint density at radius 1 is 1.00 bits per heavy atom. The molecule has 31 heavy (non-hydrogen) atoms. The van der Waals surface area contributed by atoms with Crippen LogP contribution < -0.4 is 5.32 Å². The molecule has 3 nitrogen and oxygen atoms in total. The maximum atomic E-state index is 6.33. The van der Waals surface area contributed by atoms with E-state index in [1.54, 1.807) is 0 Å². The highest BCUT2D eigenvalue weighted by Crippen LogP contribution is 2.57. The predicted octanol–water partition coefficient (Wildman–Crippen LogP) is 6.15. The molecule has 6 heteroatoms. The summed E-state index contributed by atoms with van der Waals surface area (Å²) in [7, 11) is 7.06. The first-order valence-electron chi connectivity index (χ1n) is 10.6. The van der Waals surface area contributed by atoms with E-state index in [0.717, 1.165) is 37.4 Å². The fraction of sp³-hybridized carbons (Fsp3) is 0.240. The topological polar surface area (TPSA) is 27.6 Å². The van der Waals surface area contributed by atoms with Gasteiger partial charge in [0.2, 0.25) is 0 Å². The van der Waals surface area contributed by atoms with Crippen LogP contribution in [0, 0.1) is 0 Å². The monoisotopic (exact) mass is 441 g/mol. The van der Waals surface area contributed by atoms with Crippen LogP contribution in [-0.2, 0) is 0 Å². The number of rotatable bonds is 3. The first-order chi connectivity index (χ1) is 15.0. The van der Waals surface area contributed by atoms with Crippen LogP contribution in [0.15, 0.2) is 83.9 Å². The number of nitrogens with one attached hydrogen (secondary N) is 1. The van der Waals surface area contributed by atoms with Gasteiger partial charge in [-0.15, -0.1) is 11.8 Å². The van der Waals surface area contributed by atoms with E-state index in [1.165, 1.54) is 11.3 Å². The predicted molar refractivity (Wildman–Crippen MR) is 137 cm³/mol. The van der Waals surface area contributed by atoms with Crippen molar-refractivity contribution >= 4 is 45.4 Å². The zero-order valence-corrected chi connectivity index (χ0v) is 19.6. The number of fused-ring (bicyclic) bond motifs is 3. The molecule has 2 heterocycles. The van der Waals surface area contributed by atoms with Gasteiger partial charge in [-0.2, -0.15) is 0 Å². The van der Waals surface area contributed by atoms with Gasteiger partial charge in [-0.25, -0.2) is 4.99 Å². The molecule has 1 saturated heterocycles. The van der Waals surface area contributed by atoms with E-state index in [-0.39, 0.29) is 4.87 Å². The fourth-order valence-corrected chi connectivity index (χ4v) is 7.50. The van der Waals surface area contributed by atoms with Crippen molar-refractivity contribution in [2.45, 2.75) is 29.8 Å². The van der Waals surface area contributed by atoms with Gasteiger partial charge < -0.3 is 10.1 Å². The van der Waals surface area contributed by atoms with E-state index in [1.807, 2.05) is 28.7 Å². The van der Waals surface area contributed by atoms with Gasteiger partial charge in [0.05, 0.1) is 33.0 Å². The minimum Gasteiger partial charge on any atom is -0.375 e. The lowest BCUT2D eigenvalue weighted by Gasteiger charge is -2.35. The second kappa shape index (κ2) is 8.46. The lowest BCUT2D eigenvalue weighted by Crippen LogP contribution is -2.38. The Kier molecular flexibility index (Phi) is 5.68. The fourth-order valence-electron chi connectivity index (χ4n) is 4.12. The number of hydrogen-bond donors (Lipinski definition) is 1. The summed E-state index contributed by atoms with van der Waals surface area (Å²) in [5, 5.41) is 4.19. The summed E-state index contributed by atoms with van der Waals surface area (Å²) in [4.78, 5) is 7.10. The Balaban J connectivity index is 1.60. The minimum absolute atomic E-state index is 0.103. The van der Waals surface area contributed by atoms with Crippen LogP contribution >= 0.6 is 20.3 Å². The van der Waals surface area contributed by atoms with Crippen molar-refractivity contribution in [2.24, 2.45) is 4.99 Å². The molecule has 1 N–H and O–H groups in total. The van der Waals surface area contributed by atoms with Crippen LogP contribution in [0.4, 0.5) is 11.4 Å². The van der Waals surface area contributed by atoms with E-state index in [4.69, 9.17) is 13.0 Å². The van der Waals surface area contributed by atoms with E-state index < -0.39 is 0 Å². The standard InChI is InChI=1S/C25H25BN3PS/c1-25(2)29(26)16-30-24-23(31-25)19-14-9-15-20(22(19)28-24)27-21(17-10-5-3-6-11-17)18-12-7-4-8-13-18/h3-15,23-24,28,30H,16H2,1-2H3/t23-,24-/m0/s1. The van der Waals surface area contributed by atoms with E-state index in [0.29, 0.717) is 11.0 Å². The molecule has 2 aliphatic rings. The Morgan fingerprint density at radius 2 is 1.65 bits per heavy atom. The zero-order chi connectivity index (χ0) is 21.4. The molecule has 5 rings (SSSR count). The molecule has 0 amide bonds. The molecule has 3 aromatic rings. The average molecular weight is 441 g/mol. The number of benzene rings is 3. The van der Waals surface area contributed by atoms with Crippen LogP contribution in [0.3, 0.4) is 0 Å². The van der Waals surface area contributed by atoms with Crippen molar-refractivity contribution < 1.29 is 0 Å². The van der Waals surface area contributed by atoms with Crippen LogP contribution in [0.2, 0.25) is 0 Å². The summed E-state index contributed by atoms with van der Waals surface area (Å²) >= 11 is 1.95. The molecule has 2 radical (unpaired) electrons. The van der Waals surface area contributed by atoms with Crippen molar-refractivity contribution in [1.29, 1.82) is 0 Å². The van der Waals surface area contributed by atoms with Gasteiger partial charge >= 0.3 is 0 Å². The Morgan fingerprint density at radius 3 is 2.29 bits per heavy atom. The summed E-state index contributed by atoms with van der Waals surface area (Å²) in [6, 6.07) is 27.4. The van der Waals surface area contributed by atoms with E-state index >= 15 is 0 Å². The molecule has 0 spiro atoms. The van der Waals surface area contributed by atoms with Crippen molar-refractivity contribution in [1.82, 2.24) is 4.81 Å².